The Hall–Kier alpha value is -3.16. The lowest BCUT2D eigenvalue weighted by Gasteiger charge is -2.31. The smallest absolute Gasteiger partial charge is 0.309 e. The third-order valence-corrected chi connectivity index (χ3v) is 4.59. The number of esters is 1. The lowest BCUT2D eigenvalue weighted by molar-refractivity contribution is -0.153. The summed E-state index contributed by atoms with van der Waals surface area (Å²) in [7, 11) is 0. The molecule has 0 bridgehead atoms. The summed E-state index contributed by atoms with van der Waals surface area (Å²) in [5.74, 6) is -1.18. The molecule has 148 valence electrons. The third kappa shape index (κ3) is 5.18. The Labute approximate surface area is 161 Å². The van der Waals surface area contributed by atoms with Gasteiger partial charge in [0.1, 0.15) is 11.6 Å². The van der Waals surface area contributed by atoms with Crippen LogP contribution < -0.4 is 5.32 Å². The highest BCUT2D eigenvalue weighted by Crippen LogP contribution is 2.20. The minimum Gasteiger partial charge on any atom is -0.467 e. The summed E-state index contributed by atoms with van der Waals surface area (Å²) in [6, 6.07) is 8.82. The van der Waals surface area contributed by atoms with Crippen LogP contribution in [0.3, 0.4) is 0 Å². The molecule has 0 atom stereocenters. The van der Waals surface area contributed by atoms with Crippen LogP contribution >= 0.6 is 0 Å². The molecule has 1 N–H and O–H groups in total. The van der Waals surface area contributed by atoms with E-state index in [0.29, 0.717) is 37.3 Å². The number of rotatable bonds is 6. The van der Waals surface area contributed by atoms with E-state index in [1.165, 1.54) is 30.5 Å². The molecule has 0 radical (unpaired) electrons. The Kier molecular flexibility index (Phi) is 6.41. The number of hydrogen-bond acceptors (Lipinski definition) is 5. The number of carbonyl (C=O) groups excluding carboxylic acids is 3. The second-order valence-corrected chi connectivity index (χ2v) is 6.54. The van der Waals surface area contributed by atoms with Crippen molar-refractivity contribution >= 4 is 17.8 Å². The highest BCUT2D eigenvalue weighted by Gasteiger charge is 2.29. The van der Waals surface area contributed by atoms with Crippen LogP contribution in [0.2, 0.25) is 0 Å². The Morgan fingerprint density at radius 1 is 1.14 bits per heavy atom. The van der Waals surface area contributed by atoms with Crippen LogP contribution in [-0.2, 0) is 20.9 Å². The average molecular weight is 388 g/mol. The molecule has 8 heteroatoms. The van der Waals surface area contributed by atoms with Gasteiger partial charge in [-0.15, -0.1) is 0 Å². The molecule has 2 aromatic rings. The van der Waals surface area contributed by atoms with Crippen LogP contribution in [0.5, 0.6) is 0 Å². The number of benzene rings is 1. The number of amides is 2. The molecule has 1 aliphatic rings. The van der Waals surface area contributed by atoms with Crippen molar-refractivity contribution in [3.8, 4) is 0 Å². The van der Waals surface area contributed by atoms with E-state index in [1.807, 2.05) is 0 Å². The van der Waals surface area contributed by atoms with Crippen molar-refractivity contribution in [3.05, 3.63) is 59.8 Å². The largest absolute Gasteiger partial charge is 0.467 e. The number of hydrogen-bond donors (Lipinski definition) is 1. The van der Waals surface area contributed by atoms with Gasteiger partial charge in [-0.05, 0) is 49.2 Å². The lowest BCUT2D eigenvalue weighted by Crippen LogP contribution is -2.41. The molecule has 1 aromatic carbocycles. The van der Waals surface area contributed by atoms with Gasteiger partial charge in [-0.3, -0.25) is 14.4 Å². The minimum atomic E-state index is -0.443. The van der Waals surface area contributed by atoms with E-state index < -0.39 is 17.7 Å². The van der Waals surface area contributed by atoms with Crippen LogP contribution in [0.4, 0.5) is 4.39 Å². The van der Waals surface area contributed by atoms with E-state index in [4.69, 9.17) is 9.15 Å². The van der Waals surface area contributed by atoms with E-state index in [2.05, 4.69) is 5.32 Å². The van der Waals surface area contributed by atoms with Crippen LogP contribution in [0, 0.1) is 11.7 Å². The summed E-state index contributed by atoms with van der Waals surface area (Å²) in [4.78, 5) is 37.9. The van der Waals surface area contributed by atoms with Gasteiger partial charge in [-0.2, -0.15) is 0 Å². The fraction of sp³-hybridized carbons (Fsp3) is 0.350. The predicted molar refractivity (Wildman–Crippen MR) is 96.5 cm³/mol. The minimum absolute atomic E-state index is 0.191. The summed E-state index contributed by atoms with van der Waals surface area (Å²) in [5, 5.41) is 2.60. The molecule has 3 rings (SSSR count). The predicted octanol–water partition coefficient (Wildman–Crippen LogP) is 2.13. The quantitative estimate of drug-likeness (QED) is 0.766. The summed E-state index contributed by atoms with van der Waals surface area (Å²) >= 11 is 0. The summed E-state index contributed by atoms with van der Waals surface area (Å²) in [6.45, 7) is 0.683. The number of furan rings is 1. The number of nitrogens with one attached hydrogen (secondary N) is 1. The van der Waals surface area contributed by atoms with Crippen molar-refractivity contribution < 1.29 is 27.9 Å². The maximum absolute atomic E-state index is 13.0. The zero-order chi connectivity index (χ0) is 19.9. The van der Waals surface area contributed by atoms with Gasteiger partial charge in [-0.1, -0.05) is 0 Å². The first-order valence-corrected chi connectivity index (χ1v) is 9.03. The van der Waals surface area contributed by atoms with Crippen LogP contribution in [0.15, 0.2) is 47.1 Å². The normalized spacial score (nSPS) is 14.5. The first-order valence-electron chi connectivity index (χ1n) is 9.03. The molecule has 1 aromatic heterocycles. The third-order valence-electron chi connectivity index (χ3n) is 4.59. The molecule has 0 unspecified atom stereocenters. The van der Waals surface area contributed by atoms with Gasteiger partial charge in [0.25, 0.3) is 11.8 Å². The van der Waals surface area contributed by atoms with Gasteiger partial charge in [0, 0.05) is 18.7 Å². The maximum Gasteiger partial charge on any atom is 0.309 e. The molecule has 28 heavy (non-hydrogen) atoms. The SMILES string of the molecule is O=C(COC(=O)C1CCN(C(=O)c2ccc(F)cc2)CC1)NCc1ccco1. The Balaban J connectivity index is 1.39. The van der Waals surface area contributed by atoms with Crippen molar-refractivity contribution in [2.45, 2.75) is 19.4 Å². The zero-order valence-corrected chi connectivity index (χ0v) is 15.2. The number of nitrogens with zero attached hydrogens (tertiary/aromatic N) is 1. The van der Waals surface area contributed by atoms with Gasteiger partial charge < -0.3 is 19.4 Å². The van der Waals surface area contributed by atoms with Gasteiger partial charge in [0.05, 0.1) is 18.7 Å². The van der Waals surface area contributed by atoms with Gasteiger partial charge >= 0.3 is 5.97 Å². The van der Waals surface area contributed by atoms with E-state index in [9.17, 15) is 18.8 Å². The monoisotopic (exact) mass is 388 g/mol. The molecule has 0 aliphatic carbocycles. The van der Waals surface area contributed by atoms with Crippen molar-refractivity contribution in [1.82, 2.24) is 10.2 Å². The maximum atomic E-state index is 13.0. The number of likely N-dealkylation sites (tertiary alicyclic amines) is 1. The molecule has 2 heterocycles. The first kappa shape index (κ1) is 19.6. The fourth-order valence-corrected chi connectivity index (χ4v) is 3.00. The molecule has 1 saturated heterocycles. The molecule has 0 spiro atoms. The van der Waals surface area contributed by atoms with Gasteiger partial charge in [0.15, 0.2) is 6.61 Å². The second kappa shape index (κ2) is 9.16. The number of ether oxygens (including phenoxy) is 1. The number of halogens is 1. The van der Waals surface area contributed by atoms with Crippen molar-refractivity contribution in [3.63, 3.8) is 0 Å². The Bertz CT molecular complexity index is 812. The fourth-order valence-electron chi connectivity index (χ4n) is 3.00. The van der Waals surface area contributed by atoms with Crippen molar-refractivity contribution in [2.24, 2.45) is 5.92 Å². The van der Waals surface area contributed by atoms with E-state index in [0.717, 1.165) is 0 Å². The molecule has 2 amide bonds. The lowest BCUT2D eigenvalue weighted by atomic mass is 9.96. The summed E-state index contributed by atoms with van der Waals surface area (Å²) in [6.07, 6.45) is 2.42. The summed E-state index contributed by atoms with van der Waals surface area (Å²) in [5.41, 5.74) is 0.413. The van der Waals surface area contributed by atoms with Gasteiger partial charge in [0.2, 0.25) is 0 Å². The first-order chi connectivity index (χ1) is 13.5. The number of piperidine rings is 1. The highest BCUT2D eigenvalue weighted by molar-refractivity contribution is 5.94. The molecular weight excluding hydrogens is 367 g/mol. The standard InChI is InChI=1S/C20H21FN2O5/c21-16-5-3-14(4-6-16)19(25)23-9-7-15(8-10-23)20(26)28-13-18(24)22-12-17-2-1-11-27-17/h1-6,11,15H,7-10,12-13H2,(H,22,24). The zero-order valence-electron chi connectivity index (χ0n) is 15.2. The Morgan fingerprint density at radius 3 is 2.50 bits per heavy atom. The highest BCUT2D eigenvalue weighted by atomic mass is 19.1. The number of carbonyl (C=O) groups is 3. The molecule has 1 aliphatic heterocycles. The molecule has 7 nitrogen and oxygen atoms in total. The van der Waals surface area contributed by atoms with E-state index in [-0.39, 0.29) is 25.0 Å². The van der Waals surface area contributed by atoms with Gasteiger partial charge in [-0.25, -0.2) is 4.39 Å². The molecule has 0 saturated carbocycles. The van der Waals surface area contributed by atoms with E-state index in [1.54, 1.807) is 17.0 Å². The van der Waals surface area contributed by atoms with Crippen LogP contribution in [0.1, 0.15) is 29.0 Å². The van der Waals surface area contributed by atoms with E-state index >= 15 is 0 Å². The summed E-state index contributed by atoms with van der Waals surface area (Å²) < 4.78 is 23.2. The topological polar surface area (TPSA) is 88.9 Å². The molecule has 1 fully saturated rings. The second-order valence-electron chi connectivity index (χ2n) is 6.54. The average Bonchev–Trinajstić information content (AvgIpc) is 3.24. The molecular formula is C20H21FN2O5. The van der Waals surface area contributed by atoms with Crippen LogP contribution in [0.25, 0.3) is 0 Å². The van der Waals surface area contributed by atoms with Crippen molar-refractivity contribution in [2.75, 3.05) is 19.7 Å². The Morgan fingerprint density at radius 2 is 1.86 bits per heavy atom. The van der Waals surface area contributed by atoms with Crippen molar-refractivity contribution in [1.29, 1.82) is 0 Å². The van der Waals surface area contributed by atoms with Crippen LogP contribution in [-0.4, -0.2) is 42.4 Å².